The number of hydrogen-bond donors (Lipinski definition) is 0. The second-order valence-electron chi connectivity index (χ2n) is 4.26. The molecule has 0 saturated carbocycles. The van der Waals surface area contributed by atoms with Crippen LogP contribution in [0.1, 0.15) is 19.0 Å². The van der Waals surface area contributed by atoms with Crippen LogP contribution in [0.2, 0.25) is 0 Å². The topological polar surface area (TPSA) is 29.0 Å². The number of aryl methyl sites for hydroxylation is 1. The van der Waals surface area contributed by atoms with Crippen LogP contribution in [-0.2, 0) is 0 Å². The van der Waals surface area contributed by atoms with Crippen LogP contribution in [0.3, 0.4) is 0 Å². The van der Waals surface area contributed by atoms with Crippen molar-refractivity contribution < 1.29 is 0 Å². The minimum Gasteiger partial charge on any atom is -0.354 e. The summed E-state index contributed by atoms with van der Waals surface area (Å²) in [6.07, 6.45) is 1.13. The first-order valence-corrected chi connectivity index (χ1v) is 5.80. The maximum Gasteiger partial charge on any atom is 0.151 e. The van der Waals surface area contributed by atoms with E-state index in [-0.39, 0.29) is 5.38 Å². The van der Waals surface area contributed by atoms with E-state index in [1.807, 2.05) is 19.1 Å². The number of alkyl halides is 1. The van der Waals surface area contributed by atoms with Crippen molar-refractivity contribution in [2.45, 2.75) is 25.6 Å². The van der Waals surface area contributed by atoms with Crippen molar-refractivity contribution in [3.05, 3.63) is 17.8 Å². The molecule has 0 aliphatic carbocycles. The lowest BCUT2D eigenvalue weighted by Crippen LogP contribution is -2.40. The van der Waals surface area contributed by atoms with Crippen molar-refractivity contribution in [2.75, 3.05) is 18.0 Å². The molecular formula is C11H16ClN3. The Bertz CT molecular complexity index is 325. The van der Waals surface area contributed by atoms with Gasteiger partial charge in [0.15, 0.2) is 5.82 Å². The third-order valence-corrected chi connectivity index (χ3v) is 3.54. The highest BCUT2D eigenvalue weighted by molar-refractivity contribution is 6.21. The number of piperidine rings is 1. The summed E-state index contributed by atoms with van der Waals surface area (Å²) in [5.41, 5.74) is 0.951. The zero-order chi connectivity index (χ0) is 10.8. The molecule has 3 nitrogen and oxygen atoms in total. The first kappa shape index (κ1) is 10.7. The Morgan fingerprint density at radius 3 is 2.80 bits per heavy atom. The SMILES string of the molecule is Cc1ccc(N2CCC(C)C(Cl)C2)nn1. The van der Waals surface area contributed by atoms with Crippen LogP contribution >= 0.6 is 11.6 Å². The number of rotatable bonds is 1. The number of halogens is 1. The third kappa shape index (κ3) is 2.40. The van der Waals surface area contributed by atoms with Gasteiger partial charge in [0, 0.05) is 13.1 Å². The minimum atomic E-state index is 0.224. The van der Waals surface area contributed by atoms with Gasteiger partial charge in [-0.2, -0.15) is 5.10 Å². The van der Waals surface area contributed by atoms with Crippen molar-refractivity contribution in [3.8, 4) is 0 Å². The molecule has 2 unspecified atom stereocenters. The fourth-order valence-corrected chi connectivity index (χ4v) is 2.08. The van der Waals surface area contributed by atoms with Crippen LogP contribution in [0.15, 0.2) is 12.1 Å². The lowest BCUT2D eigenvalue weighted by Gasteiger charge is -2.34. The summed E-state index contributed by atoms with van der Waals surface area (Å²) in [7, 11) is 0. The maximum atomic E-state index is 6.25. The molecule has 15 heavy (non-hydrogen) atoms. The Labute approximate surface area is 95.5 Å². The first-order chi connectivity index (χ1) is 7.16. The quantitative estimate of drug-likeness (QED) is 0.687. The number of hydrogen-bond acceptors (Lipinski definition) is 3. The van der Waals surface area contributed by atoms with Crippen LogP contribution in [0.4, 0.5) is 5.82 Å². The Kier molecular flexibility index (Phi) is 3.10. The van der Waals surface area contributed by atoms with Crippen LogP contribution in [0.5, 0.6) is 0 Å². The highest BCUT2D eigenvalue weighted by atomic mass is 35.5. The smallest absolute Gasteiger partial charge is 0.151 e. The molecule has 1 aliphatic rings. The number of anilines is 1. The number of nitrogens with zero attached hydrogens (tertiary/aromatic N) is 3. The molecular weight excluding hydrogens is 210 g/mol. The van der Waals surface area contributed by atoms with Crippen LogP contribution in [0.25, 0.3) is 0 Å². The van der Waals surface area contributed by atoms with E-state index in [9.17, 15) is 0 Å². The van der Waals surface area contributed by atoms with E-state index < -0.39 is 0 Å². The van der Waals surface area contributed by atoms with E-state index >= 15 is 0 Å². The molecule has 0 bridgehead atoms. The van der Waals surface area contributed by atoms with E-state index in [1.54, 1.807) is 0 Å². The fraction of sp³-hybridized carbons (Fsp3) is 0.636. The monoisotopic (exact) mass is 225 g/mol. The van der Waals surface area contributed by atoms with Gasteiger partial charge in [0.1, 0.15) is 0 Å². The summed E-state index contributed by atoms with van der Waals surface area (Å²) in [6, 6.07) is 4.01. The third-order valence-electron chi connectivity index (χ3n) is 2.97. The van der Waals surface area contributed by atoms with E-state index in [0.717, 1.165) is 31.0 Å². The van der Waals surface area contributed by atoms with Crippen molar-refractivity contribution in [2.24, 2.45) is 5.92 Å². The van der Waals surface area contributed by atoms with Crippen LogP contribution in [-0.4, -0.2) is 28.7 Å². The van der Waals surface area contributed by atoms with E-state index in [0.29, 0.717) is 5.92 Å². The fourth-order valence-electron chi connectivity index (χ4n) is 1.79. The van der Waals surface area contributed by atoms with Crippen molar-refractivity contribution >= 4 is 17.4 Å². The van der Waals surface area contributed by atoms with Gasteiger partial charge in [-0.15, -0.1) is 16.7 Å². The Hall–Kier alpha value is -0.830. The lowest BCUT2D eigenvalue weighted by atomic mass is 9.99. The molecule has 0 amide bonds. The molecule has 1 fully saturated rings. The van der Waals surface area contributed by atoms with Crippen LogP contribution < -0.4 is 4.90 Å². The molecule has 2 atom stereocenters. The Balaban J connectivity index is 2.08. The molecule has 0 radical (unpaired) electrons. The van der Waals surface area contributed by atoms with Crippen molar-refractivity contribution in [3.63, 3.8) is 0 Å². The Morgan fingerprint density at radius 2 is 2.20 bits per heavy atom. The molecule has 2 heterocycles. The summed E-state index contributed by atoms with van der Waals surface area (Å²) < 4.78 is 0. The van der Waals surface area contributed by atoms with Gasteiger partial charge < -0.3 is 4.90 Å². The zero-order valence-electron chi connectivity index (χ0n) is 9.15. The van der Waals surface area contributed by atoms with Gasteiger partial charge in [0.05, 0.1) is 11.1 Å². The van der Waals surface area contributed by atoms with Gasteiger partial charge in [-0.05, 0) is 31.4 Å². The molecule has 1 aliphatic heterocycles. The second-order valence-corrected chi connectivity index (χ2v) is 4.82. The summed E-state index contributed by atoms with van der Waals surface area (Å²) in [6.45, 7) is 6.05. The molecule has 1 aromatic heterocycles. The van der Waals surface area contributed by atoms with Crippen LogP contribution in [0, 0.1) is 12.8 Å². The molecule has 1 saturated heterocycles. The predicted octanol–water partition coefficient (Wildman–Crippen LogP) is 2.24. The average Bonchev–Trinajstić information content (AvgIpc) is 2.23. The van der Waals surface area contributed by atoms with Crippen molar-refractivity contribution in [1.29, 1.82) is 0 Å². The molecule has 4 heteroatoms. The summed E-state index contributed by atoms with van der Waals surface area (Å²) in [5.74, 6) is 1.54. The second kappa shape index (κ2) is 4.35. The van der Waals surface area contributed by atoms with E-state index in [1.165, 1.54) is 0 Å². The van der Waals surface area contributed by atoms with Crippen molar-refractivity contribution in [1.82, 2.24) is 10.2 Å². The number of aromatic nitrogens is 2. The normalized spacial score (nSPS) is 26.7. The van der Waals surface area contributed by atoms with Gasteiger partial charge in [-0.3, -0.25) is 0 Å². The maximum absolute atomic E-state index is 6.25. The largest absolute Gasteiger partial charge is 0.354 e. The molecule has 1 aromatic rings. The summed E-state index contributed by atoms with van der Waals surface area (Å²) in [4.78, 5) is 2.21. The highest BCUT2D eigenvalue weighted by Crippen LogP contribution is 2.24. The minimum absolute atomic E-state index is 0.224. The highest BCUT2D eigenvalue weighted by Gasteiger charge is 2.25. The van der Waals surface area contributed by atoms with Gasteiger partial charge in [0.25, 0.3) is 0 Å². The van der Waals surface area contributed by atoms with Gasteiger partial charge in [-0.1, -0.05) is 6.92 Å². The molecule has 0 aromatic carbocycles. The first-order valence-electron chi connectivity index (χ1n) is 5.36. The Morgan fingerprint density at radius 1 is 1.40 bits per heavy atom. The zero-order valence-corrected chi connectivity index (χ0v) is 9.91. The average molecular weight is 226 g/mol. The summed E-state index contributed by atoms with van der Waals surface area (Å²) in [5, 5.41) is 8.47. The summed E-state index contributed by atoms with van der Waals surface area (Å²) >= 11 is 6.25. The molecule has 0 spiro atoms. The predicted molar refractivity (Wildman–Crippen MR) is 62.4 cm³/mol. The standard InChI is InChI=1S/C11H16ClN3/c1-8-5-6-15(7-10(8)12)11-4-3-9(2)13-14-11/h3-4,8,10H,5-7H2,1-2H3. The van der Waals surface area contributed by atoms with Gasteiger partial charge in [0.2, 0.25) is 0 Å². The van der Waals surface area contributed by atoms with E-state index in [4.69, 9.17) is 11.6 Å². The molecule has 82 valence electrons. The van der Waals surface area contributed by atoms with Gasteiger partial charge in [-0.25, -0.2) is 0 Å². The molecule has 0 N–H and O–H groups in total. The molecule has 2 rings (SSSR count). The van der Waals surface area contributed by atoms with E-state index in [2.05, 4.69) is 22.0 Å². The van der Waals surface area contributed by atoms with Gasteiger partial charge >= 0.3 is 0 Å². The lowest BCUT2D eigenvalue weighted by molar-refractivity contribution is 0.443.